The van der Waals surface area contributed by atoms with Crippen LogP contribution in [0.15, 0.2) is 54.6 Å². The number of benzene rings is 2. The molecule has 0 aromatic heterocycles. The van der Waals surface area contributed by atoms with Crippen LogP contribution in [0, 0.1) is 0 Å². The Morgan fingerprint density at radius 2 is 1.69 bits per heavy atom. The molecule has 2 aromatic carbocycles. The Labute approximate surface area is 191 Å². The topological polar surface area (TPSA) is 61.9 Å². The van der Waals surface area contributed by atoms with Crippen LogP contribution in [0.2, 0.25) is 0 Å². The number of anilines is 1. The zero-order valence-electron chi connectivity index (χ0n) is 19.4. The average molecular weight is 438 g/mol. The number of piperidine rings is 1. The summed E-state index contributed by atoms with van der Waals surface area (Å²) in [6.07, 6.45) is 4.11. The lowest BCUT2D eigenvalue weighted by molar-refractivity contribution is -0.139. The van der Waals surface area contributed by atoms with Crippen molar-refractivity contribution in [2.45, 2.75) is 51.6 Å². The molecule has 1 fully saturated rings. The van der Waals surface area contributed by atoms with Gasteiger partial charge in [-0.1, -0.05) is 18.2 Å². The maximum Gasteiger partial charge on any atom is 0.260 e. The molecule has 0 spiro atoms. The van der Waals surface area contributed by atoms with Crippen molar-refractivity contribution in [1.29, 1.82) is 0 Å². The normalized spacial score (nSPS) is 18.2. The summed E-state index contributed by atoms with van der Waals surface area (Å²) in [5, 5.41) is 2.96. The van der Waals surface area contributed by atoms with Crippen molar-refractivity contribution >= 4 is 17.5 Å². The first kappa shape index (κ1) is 23.6. The van der Waals surface area contributed by atoms with Gasteiger partial charge in [0.05, 0.1) is 0 Å². The second kappa shape index (κ2) is 11.6. The predicted molar refractivity (Wildman–Crippen MR) is 128 cm³/mol. The highest BCUT2D eigenvalue weighted by Gasteiger charge is 2.28. The van der Waals surface area contributed by atoms with Crippen molar-refractivity contribution in [2.24, 2.45) is 0 Å². The molecular weight excluding hydrogens is 402 g/mol. The molecule has 1 heterocycles. The maximum absolute atomic E-state index is 12.6. The van der Waals surface area contributed by atoms with Crippen LogP contribution in [0.1, 0.15) is 49.9 Å². The van der Waals surface area contributed by atoms with Gasteiger partial charge in [0.2, 0.25) is 0 Å². The minimum Gasteiger partial charge on any atom is -0.484 e. The first-order chi connectivity index (χ1) is 15.5. The minimum atomic E-state index is -0.106. The molecular formula is C26H35N3O3. The molecule has 2 amide bonds. The highest BCUT2D eigenvalue weighted by Crippen LogP contribution is 2.23. The van der Waals surface area contributed by atoms with Gasteiger partial charge in [0.1, 0.15) is 5.75 Å². The number of carbonyl (C=O) groups is 2. The molecule has 1 N–H and O–H groups in total. The van der Waals surface area contributed by atoms with E-state index in [-0.39, 0.29) is 30.5 Å². The molecule has 32 heavy (non-hydrogen) atoms. The molecule has 3 rings (SSSR count). The van der Waals surface area contributed by atoms with Gasteiger partial charge in [0, 0.05) is 43.5 Å². The van der Waals surface area contributed by atoms with Crippen LogP contribution in [0.4, 0.5) is 5.69 Å². The molecule has 6 nitrogen and oxygen atoms in total. The van der Waals surface area contributed by atoms with Crippen LogP contribution in [0.25, 0.3) is 0 Å². The van der Waals surface area contributed by atoms with E-state index in [1.165, 1.54) is 6.42 Å². The van der Waals surface area contributed by atoms with Crippen LogP contribution in [0.3, 0.4) is 0 Å². The number of carbonyl (C=O) groups excluding carboxylic acids is 2. The maximum atomic E-state index is 12.6. The number of rotatable bonds is 9. The third kappa shape index (κ3) is 6.49. The summed E-state index contributed by atoms with van der Waals surface area (Å²) in [7, 11) is 2.05. The van der Waals surface area contributed by atoms with Crippen LogP contribution >= 0.6 is 0 Å². The zero-order chi connectivity index (χ0) is 22.9. The summed E-state index contributed by atoms with van der Waals surface area (Å²) in [6.45, 7) is 5.69. The van der Waals surface area contributed by atoms with Gasteiger partial charge in [0.15, 0.2) is 6.61 Å². The average Bonchev–Trinajstić information content (AvgIpc) is 2.81. The van der Waals surface area contributed by atoms with Gasteiger partial charge in [-0.3, -0.25) is 9.59 Å². The van der Waals surface area contributed by atoms with Crippen LogP contribution in [-0.4, -0.2) is 55.5 Å². The molecule has 0 aliphatic carbocycles. The fraction of sp³-hybridized carbons (Fsp3) is 0.462. The molecule has 0 radical (unpaired) electrons. The van der Waals surface area contributed by atoms with E-state index in [0.29, 0.717) is 17.9 Å². The van der Waals surface area contributed by atoms with E-state index < -0.39 is 0 Å². The third-order valence-corrected chi connectivity index (χ3v) is 6.11. The number of ether oxygens (including phenoxy) is 1. The van der Waals surface area contributed by atoms with Crippen molar-refractivity contribution in [3.8, 4) is 5.75 Å². The molecule has 1 aliphatic heterocycles. The summed E-state index contributed by atoms with van der Waals surface area (Å²) in [6, 6.07) is 17.7. The predicted octanol–water partition coefficient (Wildman–Crippen LogP) is 4.11. The van der Waals surface area contributed by atoms with Gasteiger partial charge in [-0.15, -0.1) is 0 Å². The van der Waals surface area contributed by atoms with Gasteiger partial charge < -0.3 is 19.9 Å². The molecule has 0 bridgehead atoms. The number of hydrogen-bond donors (Lipinski definition) is 1. The monoisotopic (exact) mass is 437 g/mol. The number of para-hydroxylation sites is 1. The molecule has 2 aromatic rings. The highest BCUT2D eigenvalue weighted by molar-refractivity contribution is 5.94. The standard InChI is InChI=1S/C26H35N3O3/c1-20-9-7-10-21(2)29(20)25(30)19-32-24-15-13-22(14-16-24)26(31)27-17-8-18-28(3)23-11-5-4-6-12-23/h4-6,11-16,20-21H,7-10,17-19H2,1-3H3,(H,27,31). The van der Waals surface area contributed by atoms with Crippen molar-refractivity contribution < 1.29 is 14.3 Å². The Hall–Kier alpha value is -3.02. The van der Waals surface area contributed by atoms with Gasteiger partial charge >= 0.3 is 0 Å². The first-order valence-electron chi connectivity index (χ1n) is 11.5. The summed E-state index contributed by atoms with van der Waals surface area (Å²) in [4.78, 5) is 29.1. The summed E-state index contributed by atoms with van der Waals surface area (Å²) in [5.74, 6) is 0.509. The van der Waals surface area contributed by atoms with Crippen LogP contribution < -0.4 is 15.0 Å². The molecule has 2 unspecified atom stereocenters. The third-order valence-electron chi connectivity index (χ3n) is 6.11. The van der Waals surface area contributed by atoms with E-state index in [0.717, 1.165) is 31.5 Å². The Kier molecular flexibility index (Phi) is 8.54. The van der Waals surface area contributed by atoms with E-state index in [9.17, 15) is 9.59 Å². The Bertz CT molecular complexity index is 860. The smallest absolute Gasteiger partial charge is 0.260 e. The number of hydrogen-bond acceptors (Lipinski definition) is 4. The summed E-state index contributed by atoms with van der Waals surface area (Å²) >= 11 is 0. The lowest BCUT2D eigenvalue weighted by Crippen LogP contribution is -2.49. The molecule has 6 heteroatoms. The van der Waals surface area contributed by atoms with Crippen LogP contribution in [-0.2, 0) is 4.79 Å². The molecule has 1 saturated heterocycles. The minimum absolute atomic E-state index is 0.0204. The Morgan fingerprint density at radius 3 is 2.34 bits per heavy atom. The number of likely N-dealkylation sites (tertiary alicyclic amines) is 1. The van der Waals surface area contributed by atoms with Gasteiger partial charge in [0.25, 0.3) is 11.8 Å². The van der Waals surface area contributed by atoms with Crippen LogP contribution in [0.5, 0.6) is 5.75 Å². The van der Waals surface area contributed by atoms with Crippen molar-refractivity contribution in [3.05, 3.63) is 60.2 Å². The van der Waals surface area contributed by atoms with Gasteiger partial charge in [-0.25, -0.2) is 0 Å². The van der Waals surface area contributed by atoms with E-state index >= 15 is 0 Å². The molecule has 172 valence electrons. The lowest BCUT2D eigenvalue weighted by atomic mass is 9.97. The van der Waals surface area contributed by atoms with E-state index in [4.69, 9.17) is 4.74 Å². The van der Waals surface area contributed by atoms with E-state index in [1.54, 1.807) is 24.3 Å². The second-order valence-electron chi connectivity index (χ2n) is 8.61. The second-order valence-corrected chi connectivity index (χ2v) is 8.61. The van der Waals surface area contributed by atoms with E-state index in [2.05, 4.69) is 36.2 Å². The fourth-order valence-corrected chi connectivity index (χ4v) is 4.27. The van der Waals surface area contributed by atoms with Crippen molar-refractivity contribution in [1.82, 2.24) is 10.2 Å². The zero-order valence-corrected chi connectivity index (χ0v) is 19.4. The van der Waals surface area contributed by atoms with Gasteiger partial charge in [-0.2, -0.15) is 0 Å². The summed E-state index contributed by atoms with van der Waals surface area (Å²) < 4.78 is 5.69. The Balaban J connectivity index is 1.39. The highest BCUT2D eigenvalue weighted by atomic mass is 16.5. The number of nitrogens with one attached hydrogen (secondary N) is 1. The largest absolute Gasteiger partial charge is 0.484 e. The first-order valence-corrected chi connectivity index (χ1v) is 11.5. The lowest BCUT2D eigenvalue weighted by Gasteiger charge is -2.38. The van der Waals surface area contributed by atoms with E-state index in [1.807, 2.05) is 30.1 Å². The quantitative estimate of drug-likeness (QED) is 0.600. The van der Waals surface area contributed by atoms with Crippen molar-refractivity contribution in [3.63, 3.8) is 0 Å². The number of amides is 2. The molecule has 2 atom stereocenters. The van der Waals surface area contributed by atoms with Crippen molar-refractivity contribution in [2.75, 3.05) is 31.6 Å². The van der Waals surface area contributed by atoms with Gasteiger partial charge in [-0.05, 0) is 75.9 Å². The fourth-order valence-electron chi connectivity index (χ4n) is 4.27. The molecule has 1 aliphatic rings. The molecule has 0 saturated carbocycles. The summed E-state index contributed by atoms with van der Waals surface area (Å²) in [5.41, 5.74) is 1.75. The Morgan fingerprint density at radius 1 is 1.03 bits per heavy atom. The SMILES string of the molecule is CC1CCCC(C)N1C(=O)COc1ccc(C(=O)NCCCN(C)c2ccccc2)cc1. The number of nitrogens with zero attached hydrogens (tertiary/aromatic N) is 2.